The fourth-order valence-corrected chi connectivity index (χ4v) is 1.34. The zero-order chi connectivity index (χ0) is 10.6. The maximum absolute atomic E-state index is 5.63. The summed E-state index contributed by atoms with van der Waals surface area (Å²) in [5.41, 5.74) is 7.77. The fraction of sp³-hybridized carbons (Fsp3) is 0.500. The maximum atomic E-state index is 5.63. The third-order valence-electron chi connectivity index (χ3n) is 2.92. The van der Waals surface area contributed by atoms with Crippen molar-refractivity contribution in [1.82, 2.24) is 0 Å². The second-order valence-electron chi connectivity index (χ2n) is 4.01. The summed E-state index contributed by atoms with van der Waals surface area (Å²) in [5, 5.41) is 3.53. The van der Waals surface area contributed by atoms with Crippen molar-refractivity contribution >= 4 is 11.4 Å². The standard InChI is InChI=1S/C12H20N2/c1-4-12(3,5-2)14-11-8-6-10(13)7-9-11/h6-9,14H,4-5,13H2,1-3H3. The first-order valence-corrected chi connectivity index (χ1v) is 5.23. The van der Waals surface area contributed by atoms with Crippen molar-refractivity contribution in [1.29, 1.82) is 0 Å². The van der Waals surface area contributed by atoms with Crippen LogP contribution in [-0.4, -0.2) is 5.54 Å². The Morgan fingerprint density at radius 1 is 1.14 bits per heavy atom. The Kier molecular flexibility index (Phi) is 3.39. The van der Waals surface area contributed by atoms with Crippen molar-refractivity contribution in [3.63, 3.8) is 0 Å². The lowest BCUT2D eigenvalue weighted by Crippen LogP contribution is -2.32. The molecule has 1 rings (SSSR count). The second kappa shape index (κ2) is 4.36. The molecule has 0 fully saturated rings. The normalized spacial score (nSPS) is 11.4. The average molecular weight is 192 g/mol. The zero-order valence-electron chi connectivity index (χ0n) is 9.30. The zero-order valence-corrected chi connectivity index (χ0v) is 9.30. The minimum atomic E-state index is 0.191. The highest BCUT2D eigenvalue weighted by Gasteiger charge is 2.18. The summed E-state index contributed by atoms with van der Waals surface area (Å²) in [6.07, 6.45) is 2.24. The minimum absolute atomic E-state index is 0.191. The van der Waals surface area contributed by atoms with Gasteiger partial charge < -0.3 is 11.1 Å². The van der Waals surface area contributed by atoms with E-state index in [9.17, 15) is 0 Å². The lowest BCUT2D eigenvalue weighted by molar-refractivity contribution is 0.478. The molecule has 0 aliphatic carbocycles. The summed E-state index contributed by atoms with van der Waals surface area (Å²) in [6.45, 7) is 6.64. The van der Waals surface area contributed by atoms with Gasteiger partial charge in [-0.2, -0.15) is 0 Å². The Labute approximate surface area is 86.5 Å². The Balaban J connectivity index is 2.72. The molecule has 0 unspecified atom stereocenters. The van der Waals surface area contributed by atoms with Crippen LogP contribution in [0.4, 0.5) is 11.4 Å². The van der Waals surface area contributed by atoms with Gasteiger partial charge in [0.2, 0.25) is 0 Å². The first kappa shape index (κ1) is 10.9. The van der Waals surface area contributed by atoms with Crippen LogP contribution in [0, 0.1) is 0 Å². The van der Waals surface area contributed by atoms with Crippen LogP contribution in [0.2, 0.25) is 0 Å². The largest absolute Gasteiger partial charge is 0.399 e. The van der Waals surface area contributed by atoms with E-state index in [2.05, 4.69) is 26.1 Å². The third-order valence-corrected chi connectivity index (χ3v) is 2.92. The van der Waals surface area contributed by atoms with E-state index < -0.39 is 0 Å². The number of benzene rings is 1. The SMILES string of the molecule is CCC(C)(CC)Nc1ccc(N)cc1. The molecule has 3 N–H and O–H groups in total. The van der Waals surface area contributed by atoms with Crippen LogP contribution in [-0.2, 0) is 0 Å². The van der Waals surface area contributed by atoms with Crippen molar-refractivity contribution in [2.24, 2.45) is 0 Å². The molecule has 0 amide bonds. The Morgan fingerprint density at radius 3 is 2.07 bits per heavy atom. The van der Waals surface area contributed by atoms with E-state index in [1.807, 2.05) is 24.3 Å². The summed E-state index contributed by atoms with van der Waals surface area (Å²) in [7, 11) is 0. The van der Waals surface area contributed by atoms with Gasteiger partial charge in [0.25, 0.3) is 0 Å². The molecule has 1 aromatic carbocycles. The molecule has 0 atom stereocenters. The van der Waals surface area contributed by atoms with Crippen LogP contribution in [0.25, 0.3) is 0 Å². The first-order valence-electron chi connectivity index (χ1n) is 5.23. The number of nitrogens with one attached hydrogen (secondary N) is 1. The second-order valence-corrected chi connectivity index (χ2v) is 4.01. The number of nitrogen functional groups attached to an aromatic ring is 1. The highest BCUT2D eigenvalue weighted by molar-refractivity contribution is 5.52. The van der Waals surface area contributed by atoms with Gasteiger partial charge in [-0.1, -0.05) is 13.8 Å². The van der Waals surface area contributed by atoms with Gasteiger partial charge in [-0.15, -0.1) is 0 Å². The van der Waals surface area contributed by atoms with Gasteiger partial charge in [-0.25, -0.2) is 0 Å². The van der Waals surface area contributed by atoms with Gasteiger partial charge in [0.15, 0.2) is 0 Å². The van der Waals surface area contributed by atoms with Crippen LogP contribution in [0.1, 0.15) is 33.6 Å². The van der Waals surface area contributed by atoms with Crippen LogP contribution in [0.5, 0.6) is 0 Å². The first-order chi connectivity index (χ1) is 6.59. The lowest BCUT2D eigenvalue weighted by Gasteiger charge is -2.29. The number of hydrogen-bond donors (Lipinski definition) is 2. The highest BCUT2D eigenvalue weighted by atomic mass is 15.0. The van der Waals surface area contributed by atoms with Gasteiger partial charge >= 0.3 is 0 Å². The number of hydrogen-bond acceptors (Lipinski definition) is 2. The molecule has 0 saturated carbocycles. The Hall–Kier alpha value is -1.18. The minimum Gasteiger partial charge on any atom is -0.399 e. The summed E-state index contributed by atoms with van der Waals surface area (Å²) >= 11 is 0. The van der Waals surface area contributed by atoms with Gasteiger partial charge in [0.05, 0.1) is 0 Å². The van der Waals surface area contributed by atoms with Crippen LogP contribution in [0.15, 0.2) is 24.3 Å². The Bertz CT molecular complexity index is 273. The monoisotopic (exact) mass is 192 g/mol. The summed E-state index contributed by atoms with van der Waals surface area (Å²) in [6, 6.07) is 7.90. The van der Waals surface area contributed by atoms with Crippen molar-refractivity contribution in [2.75, 3.05) is 11.1 Å². The van der Waals surface area contributed by atoms with E-state index in [1.165, 1.54) is 0 Å². The molecule has 14 heavy (non-hydrogen) atoms. The number of anilines is 2. The average Bonchev–Trinajstić information content (AvgIpc) is 2.21. The van der Waals surface area contributed by atoms with Crippen molar-refractivity contribution in [3.8, 4) is 0 Å². The summed E-state index contributed by atoms with van der Waals surface area (Å²) in [4.78, 5) is 0. The summed E-state index contributed by atoms with van der Waals surface area (Å²) in [5.74, 6) is 0. The van der Waals surface area contributed by atoms with Crippen LogP contribution < -0.4 is 11.1 Å². The summed E-state index contributed by atoms with van der Waals surface area (Å²) < 4.78 is 0. The molecule has 0 aliphatic rings. The lowest BCUT2D eigenvalue weighted by atomic mass is 9.95. The van der Waals surface area contributed by atoms with Crippen molar-refractivity contribution in [2.45, 2.75) is 39.2 Å². The van der Waals surface area contributed by atoms with E-state index >= 15 is 0 Å². The molecule has 2 heteroatoms. The Morgan fingerprint density at radius 2 is 1.64 bits per heavy atom. The molecule has 0 spiro atoms. The van der Waals surface area contributed by atoms with E-state index in [4.69, 9.17) is 5.73 Å². The predicted octanol–water partition coefficient (Wildman–Crippen LogP) is 3.26. The van der Waals surface area contributed by atoms with E-state index in [0.717, 1.165) is 24.2 Å². The van der Waals surface area contributed by atoms with Crippen LogP contribution in [0.3, 0.4) is 0 Å². The molecule has 2 nitrogen and oxygen atoms in total. The molecule has 0 heterocycles. The number of rotatable bonds is 4. The molecule has 78 valence electrons. The van der Waals surface area contributed by atoms with Crippen molar-refractivity contribution < 1.29 is 0 Å². The molecular formula is C12H20N2. The quantitative estimate of drug-likeness (QED) is 0.719. The van der Waals surface area contributed by atoms with E-state index in [1.54, 1.807) is 0 Å². The van der Waals surface area contributed by atoms with Crippen LogP contribution >= 0.6 is 0 Å². The molecule has 0 aliphatic heterocycles. The molecule has 0 saturated heterocycles. The van der Waals surface area contributed by atoms with Gasteiger partial charge in [0.1, 0.15) is 0 Å². The smallest absolute Gasteiger partial charge is 0.0345 e. The highest BCUT2D eigenvalue weighted by Crippen LogP contribution is 2.22. The van der Waals surface area contributed by atoms with Gasteiger partial charge in [-0.05, 0) is 44.0 Å². The van der Waals surface area contributed by atoms with Crippen molar-refractivity contribution in [3.05, 3.63) is 24.3 Å². The fourth-order valence-electron chi connectivity index (χ4n) is 1.34. The molecular weight excluding hydrogens is 172 g/mol. The number of nitrogens with two attached hydrogens (primary N) is 1. The molecule has 1 aromatic rings. The maximum Gasteiger partial charge on any atom is 0.0345 e. The topological polar surface area (TPSA) is 38.0 Å². The molecule has 0 aromatic heterocycles. The molecule has 0 bridgehead atoms. The third kappa shape index (κ3) is 2.66. The van der Waals surface area contributed by atoms with E-state index in [0.29, 0.717) is 0 Å². The van der Waals surface area contributed by atoms with Gasteiger partial charge in [0, 0.05) is 16.9 Å². The molecule has 0 radical (unpaired) electrons. The van der Waals surface area contributed by atoms with Gasteiger partial charge in [-0.3, -0.25) is 0 Å². The predicted molar refractivity (Wildman–Crippen MR) is 63.5 cm³/mol. The van der Waals surface area contributed by atoms with E-state index in [-0.39, 0.29) is 5.54 Å².